The Hall–Kier alpha value is -1.75. The second-order valence-electron chi connectivity index (χ2n) is 3.61. The molecular formula is C12H12N2O2S. The Labute approximate surface area is 103 Å². The first-order valence-electron chi connectivity index (χ1n) is 5.10. The Kier molecular flexibility index (Phi) is 3.19. The average Bonchev–Trinajstić information content (AvgIpc) is 2.71. The molecule has 0 atom stereocenters. The minimum absolute atomic E-state index is 0.385. The van der Waals surface area contributed by atoms with Gasteiger partial charge in [-0.1, -0.05) is 0 Å². The molecule has 0 saturated carbocycles. The van der Waals surface area contributed by atoms with Crippen LogP contribution < -0.4 is 0 Å². The van der Waals surface area contributed by atoms with Crippen molar-refractivity contribution >= 4 is 17.3 Å². The SMILES string of the molecule is COC(=O)c1nc(-c2cnccc2C)sc1C. The van der Waals surface area contributed by atoms with Crippen LogP contribution in [0.4, 0.5) is 0 Å². The summed E-state index contributed by atoms with van der Waals surface area (Å²) in [6, 6.07) is 1.92. The van der Waals surface area contributed by atoms with Crippen molar-refractivity contribution in [1.82, 2.24) is 9.97 Å². The number of hydrogen-bond acceptors (Lipinski definition) is 5. The molecule has 2 rings (SSSR count). The minimum Gasteiger partial charge on any atom is -0.464 e. The van der Waals surface area contributed by atoms with E-state index in [1.54, 1.807) is 12.4 Å². The van der Waals surface area contributed by atoms with Gasteiger partial charge in [0, 0.05) is 22.8 Å². The lowest BCUT2D eigenvalue weighted by atomic mass is 10.2. The van der Waals surface area contributed by atoms with Crippen LogP contribution in [0.2, 0.25) is 0 Å². The summed E-state index contributed by atoms with van der Waals surface area (Å²) in [4.78, 5) is 20.7. The van der Waals surface area contributed by atoms with Crippen LogP contribution in [0.5, 0.6) is 0 Å². The summed E-state index contributed by atoms with van der Waals surface area (Å²) < 4.78 is 4.69. The molecule has 0 N–H and O–H groups in total. The Morgan fingerprint density at radius 3 is 2.82 bits per heavy atom. The highest BCUT2D eigenvalue weighted by Gasteiger charge is 2.17. The third-order valence-electron chi connectivity index (χ3n) is 2.44. The molecule has 88 valence electrons. The van der Waals surface area contributed by atoms with Gasteiger partial charge in [-0.15, -0.1) is 11.3 Å². The van der Waals surface area contributed by atoms with Gasteiger partial charge >= 0.3 is 5.97 Å². The van der Waals surface area contributed by atoms with Gasteiger partial charge in [-0.25, -0.2) is 9.78 Å². The molecule has 17 heavy (non-hydrogen) atoms. The predicted octanol–water partition coefficient (Wildman–Crippen LogP) is 2.61. The van der Waals surface area contributed by atoms with E-state index in [9.17, 15) is 4.79 Å². The molecule has 0 bridgehead atoms. The Balaban J connectivity index is 2.49. The first kappa shape index (κ1) is 11.7. The van der Waals surface area contributed by atoms with Crippen LogP contribution in [0.25, 0.3) is 10.6 Å². The first-order chi connectivity index (χ1) is 8.13. The molecule has 0 saturated heterocycles. The number of carbonyl (C=O) groups is 1. The van der Waals surface area contributed by atoms with Crippen molar-refractivity contribution in [3.05, 3.63) is 34.6 Å². The molecule has 0 unspecified atom stereocenters. The number of thiazole rings is 1. The molecule has 0 fully saturated rings. The summed E-state index contributed by atoms with van der Waals surface area (Å²) in [5, 5.41) is 0.800. The van der Waals surface area contributed by atoms with Gasteiger partial charge in [0.2, 0.25) is 0 Å². The summed E-state index contributed by atoms with van der Waals surface area (Å²) >= 11 is 1.47. The summed E-state index contributed by atoms with van der Waals surface area (Å²) in [5.74, 6) is -0.397. The predicted molar refractivity (Wildman–Crippen MR) is 66.2 cm³/mol. The largest absolute Gasteiger partial charge is 0.464 e. The van der Waals surface area contributed by atoms with Crippen molar-refractivity contribution in [3.8, 4) is 10.6 Å². The number of rotatable bonds is 2. The zero-order chi connectivity index (χ0) is 12.4. The Morgan fingerprint density at radius 1 is 1.41 bits per heavy atom. The molecule has 0 aliphatic rings. The maximum Gasteiger partial charge on any atom is 0.357 e. The number of esters is 1. The molecule has 5 heteroatoms. The van der Waals surface area contributed by atoms with E-state index in [0.717, 1.165) is 21.0 Å². The van der Waals surface area contributed by atoms with Crippen LogP contribution in [0.3, 0.4) is 0 Å². The third kappa shape index (κ3) is 2.19. The standard InChI is InChI=1S/C12H12N2O2S/c1-7-4-5-13-6-9(7)11-14-10(8(2)17-11)12(15)16-3/h4-6H,1-3H3. The van der Waals surface area contributed by atoms with Gasteiger partial charge in [0.15, 0.2) is 5.69 Å². The van der Waals surface area contributed by atoms with Crippen LogP contribution in [-0.4, -0.2) is 23.0 Å². The van der Waals surface area contributed by atoms with E-state index in [1.807, 2.05) is 19.9 Å². The fourth-order valence-corrected chi connectivity index (χ4v) is 2.46. The molecule has 0 aromatic carbocycles. The molecule has 0 aliphatic heterocycles. The van der Waals surface area contributed by atoms with Crippen LogP contribution in [-0.2, 0) is 4.74 Å². The molecule has 2 heterocycles. The lowest BCUT2D eigenvalue weighted by Gasteiger charge is -1.99. The van der Waals surface area contributed by atoms with Crippen LogP contribution in [0, 0.1) is 13.8 Å². The second kappa shape index (κ2) is 4.63. The van der Waals surface area contributed by atoms with E-state index in [-0.39, 0.29) is 0 Å². The van der Waals surface area contributed by atoms with E-state index in [4.69, 9.17) is 0 Å². The zero-order valence-corrected chi connectivity index (χ0v) is 10.7. The smallest absolute Gasteiger partial charge is 0.357 e. The summed E-state index contributed by atoms with van der Waals surface area (Å²) in [5.41, 5.74) is 2.43. The topological polar surface area (TPSA) is 52.1 Å². The molecule has 0 radical (unpaired) electrons. The quantitative estimate of drug-likeness (QED) is 0.766. The van der Waals surface area contributed by atoms with E-state index in [0.29, 0.717) is 5.69 Å². The Morgan fingerprint density at radius 2 is 2.18 bits per heavy atom. The van der Waals surface area contributed by atoms with Crippen molar-refractivity contribution in [2.75, 3.05) is 7.11 Å². The zero-order valence-electron chi connectivity index (χ0n) is 9.85. The third-order valence-corrected chi connectivity index (χ3v) is 3.45. The molecule has 2 aromatic rings. The fourth-order valence-electron chi connectivity index (χ4n) is 1.49. The van der Waals surface area contributed by atoms with E-state index in [2.05, 4.69) is 14.7 Å². The number of carbonyl (C=O) groups excluding carboxylic acids is 1. The van der Waals surface area contributed by atoms with Gasteiger partial charge in [-0.2, -0.15) is 0 Å². The van der Waals surface area contributed by atoms with Crippen molar-refractivity contribution in [3.63, 3.8) is 0 Å². The van der Waals surface area contributed by atoms with Crippen molar-refractivity contribution in [2.45, 2.75) is 13.8 Å². The maximum atomic E-state index is 11.5. The van der Waals surface area contributed by atoms with Gasteiger partial charge in [-0.05, 0) is 25.5 Å². The normalized spacial score (nSPS) is 10.3. The van der Waals surface area contributed by atoms with Crippen molar-refractivity contribution in [1.29, 1.82) is 0 Å². The molecule has 0 amide bonds. The first-order valence-corrected chi connectivity index (χ1v) is 5.92. The van der Waals surface area contributed by atoms with E-state index in [1.165, 1.54) is 18.4 Å². The molecular weight excluding hydrogens is 236 g/mol. The molecule has 0 aliphatic carbocycles. The van der Waals surface area contributed by atoms with Gasteiger partial charge in [0.25, 0.3) is 0 Å². The minimum atomic E-state index is -0.397. The highest BCUT2D eigenvalue weighted by molar-refractivity contribution is 7.15. The number of methoxy groups -OCH3 is 1. The lowest BCUT2D eigenvalue weighted by molar-refractivity contribution is 0.0594. The second-order valence-corrected chi connectivity index (χ2v) is 4.81. The number of pyridine rings is 1. The van der Waals surface area contributed by atoms with Gasteiger partial charge in [0.1, 0.15) is 5.01 Å². The summed E-state index contributed by atoms with van der Waals surface area (Å²) in [7, 11) is 1.36. The highest BCUT2D eigenvalue weighted by Crippen LogP contribution is 2.29. The summed E-state index contributed by atoms with van der Waals surface area (Å²) in [6.45, 7) is 3.85. The van der Waals surface area contributed by atoms with E-state index >= 15 is 0 Å². The van der Waals surface area contributed by atoms with Gasteiger partial charge in [0.05, 0.1) is 7.11 Å². The van der Waals surface area contributed by atoms with Crippen LogP contribution in [0.1, 0.15) is 20.9 Å². The number of hydrogen-bond donors (Lipinski definition) is 0. The van der Waals surface area contributed by atoms with Gasteiger partial charge < -0.3 is 4.74 Å². The van der Waals surface area contributed by atoms with Crippen LogP contribution in [0.15, 0.2) is 18.5 Å². The summed E-state index contributed by atoms with van der Waals surface area (Å²) in [6.07, 6.45) is 3.50. The number of aromatic nitrogens is 2. The molecule has 0 spiro atoms. The Bertz CT molecular complexity index is 563. The average molecular weight is 248 g/mol. The number of nitrogens with zero attached hydrogens (tertiary/aromatic N) is 2. The van der Waals surface area contributed by atoms with Crippen LogP contribution >= 0.6 is 11.3 Å². The van der Waals surface area contributed by atoms with Crippen molar-refractivity contribution in [2.24, 2.45) is 0 Å². The van der Waals surface area contributed by atoms with E-state index < -0.39 is 5.97 Å². The lowest BCUT2D eigenvalue weighted by Crippen LogP contribution is -2.03. The fraction of sp³-hybridized carbons (Fsp3) is 0.250. The van der Waals surface area contributed by atoms with Gasteiger partial charge in [-0.3, -0.25) is 4.98 Å². The van der Waals surface area contributed by atoms with Crippen molar-refractivity contribution < 1.29 is 9.53 Å². The highest BCUT2D eigenvalue weighted by atomic mass is 32.1. The number of aryl methyl sites for hydroxylation is 2. The molecule has 2 aromatic heterocycles. The number of ether oxygens (including phenoxy) is 1. The monoisotopic (exact) mass is 248 g/mol. The molecule has 4 nitrogen and oxygen atoms in total. The maximum absolute atomic E-state index is 11.5.